The van der Waals surface area contributed by atoms with Gasteiger partial charge in [0.25, 0.3) is 5.91 Å². The van der Waals surface area contributed by atoms with E-state index in [1.807, 2.05) is 0 Å². The zero-order chi connectivity index (χ0) is 13.3. The van der Waals surface area contributed by atoms with Crippen LogP contribution in [0, 0.1) is 0 Å². The van der Waals surface area contributed by atoms with Crippen molar-refractivity contribution >= 4 is 57.7 Å². The largest absolute Gasteiger partial charge is 0.391 e. The Morgan fingerprint density at radius 2 is 2.06 bits per heavy atom. The Hall–Kier alpha value is -0.360. The maximum atomic E-state index is 12.2. The van der Waals surface area contributed by atoms with Crippen molar-refractivity contribution in [2.45, 2.75) is 31.2 Å². The Morgan fingerprint density at radius 3 is 2.50 bits per heavy atom. The SMILES string of the molecule is NC(=S)C1(NC(=O)c2cc(Cl)sc2Cl)CCCC1. The molecule has 0 spiro atoms. The van der Waals surface area contributed by atoms with E-state index in [-0.39, 0.29) is 5.91 Å². The minimum atomic E-state index is -0.565. The molecule has 1 amide bonds. The van der Waals surface area contributed by atoms with Crippen molar-refractivity contribution in [3.8, 4) is 0 Å². The van der Waals surface area contributed by atoms with Crippen LogP contribution in [0.5, 0.6) is 0 Å². The molecule has 0 aliphatic heterocycles. The van der Waals surface area contributed by atoms with Crippen LogP contribution in [0.1, 0.15) is 36.0 Å². The zero-order valence-corrected chi connectivity index (χ0v) is 12.6. The molecule has 2 rings (SSSR count). The number of hydrogen-bond acceptors (Lipinski definition) is 3. The average molecular weight is 323 g/mol. The summed E-state index contributed by atoms with van der Waals surface area (Å²) in [5.41, 5.74) is 5.58. The second kappa shape index (κ2) is 5.33. The fourth-order valence-corrected chi connectivity index (χ4v) is 3.90. The van der Waals surface area contributed by atoms with Crippen LogP contribution in [-0.2, 0) is 0 Å². The molecule has 7 heteroatoms. The topological polar surface area (TPSA) is 55.1 Å². The molecule has 3 nitrogen and oxygen atoms in total. The second-order valence-electron chi connectivity index (χ2n) is 4.35. The number of hydrogen-bond donors (Lipinski definition) is 2. The Bertz CT molecular complexity index is 495. The van der Waals surface area contributed by atoms with Crippen molar-refractivity contribution in [2.24, 2.45) is 5.73 Å². The van der Waals surface area contributed by atoms with E-state index < -0.39 is 5.54 Å². The van der Waals surface area contributed by atoms with E-state index in [9.17, 15) is 4.79 Å². The summed E-state index contributed by atoms with van der Waals surface area (Å²) in [7, 11) is 0. The summed E-state index contributed by atoms with van der Waals surface area (Å²) in [6, 6.07) is 1.56. The molecule has 0 atom stereocenters. The highest BCUT2D eigenvalue weighted by Crippen LogP contribution is 2.34. The molecular formula is C11H12Cl2N2OS2. The molecule has 18 heavy (non-hydrogen) atoms. The van der Waals surface area contributed by atoms with Gasteiger partial charge >= 0.3 is 0 Å². The van der Waals surface area contributed by atoms with Crippen LogP contribution >= 0.6 is 46.8 Å². The summed E-state index contributed by atoms with van der Waals surface area (Å²) in [4.78, 5) is 12.5. The number of thiophene rings is 1. The first-order chi connectivity index (χ1) is 8.44. The first kappa shape index (κ1) is 14.1. The number of carbonyl (C=O) groups excluding carboxylic acids is 1. The summed E-state index contributed by atoms with van der Waals surface area (Å²) in [5.74, 6) is -0.266. The van der Waals surface area contributed by atoms with Gasteiger partial charge in [-0.3, -0.25) is 4.79 Å². The van der Waals surface area contributed by atoms with Gasteiger partial charge in [0.05, 0.1) is 20.4 Å². The third-order valence-corrected chi connectivity index (χ3v) is 5.06. The van der Waals surface area contributed by atoms with Crippen molar-refractivity contribution in [3.63, 3.8) is 0 Å². The number of nitrogens with one attached hydrogen (secondary N) is 1. The fraction of sp³-hybridized carbons (Fsp3) is 0.455. The van der Waals surface area contributed by atoms with Gasteiger partial charge in [0, 0.05) is 0 Å². The first-order valence-corrected chi connectivity index (χ1v) is 7.50. The Morgan fingerprint density at radius 1 is 1.44 bits per heavy atom. The van der Waals surface area contributed by atoms with Gasteiger partial charge in [0.15, 0.2) is 0 Å². The third kappa shape index (κ3) is 2.64. The minimum absolute atomic E-state index is 0.266. The lowest BCUT2D eigenvalue weighted by atomic mass is 9.97. The highest BCUT2D eigenvalue weighted by atomic mass is 35.5. The quantitative estimate of drug-likeness (QED) is 0.839. The molecule has 0 saturated heterocycles. The second-order valence-corrected chi connectivity index (χ2v) is 7.07. The predicted octanol–water partition coefficient (Wildman–Crippen LogP) is 3.38. The van der Waals surface area contributed by atoms with Crippen molar-refractivity contribution in [1.82, 2.24) is 5.32 Å². The van der Waals surface area contributed by atoms with Crippen LogP contribution in [0.25, 0.3) is 0 Å². The maximum Gasteiger partial charge on any atom is 0.254 e. The number of halogens is 2. The standard InChI is InChI=1S/C11H12Cl2N2OS2/c12-7-5-6(8(13)18-7)9(16)15-11(10(14)17)3-1-2-4-11/h5H,1-4H2,(H2,14,17)(H,15,16). The molecule has 1 fully saturated rings. The summed E-state index contributed by atoms with van der Waals surface area (Å²) in [5, 5.41) is 2.92. The molecule has 1 aliphatic carbocycles. The van der Waals surface area contributed by atoms with E-state index in [2.05, 4.69) is 5.32 Å². The van der Waals surface area contributed by atoms with Gasteiger partial charge in [-0.05, 0) is 18.9 Å². The van der Waals surface area contributed by atoms with Crippen LogP contribution in [-0.4, -0.2) is 16.4 Å². The third-order valence-electron chi connectivity index (χ3n) is 3.18. The van der Waals surface area contributed by atoms with Gasteiger partial charge < -0.3 is 11.1 Å². The lowest BCUT2D eigenvalue weighted by Gasteiger charge is -2.28. The molecule has 1 aliphatic rings. The van der Waals surface area contributed by atoms with Gasteiger partial charge in [-0.1, -0.05) is 48.3 Å². The van der Waals surface area contributed by atoms with Gasteiger partial charge in [-0.25, -0.2) is 0 Å². The predicted molar refractivity (Wildman–Crippen MR) is 79.8 cm³/mol. The van der Waals surface area contributed by atoms with Gasteiger partial charge in [0.1, 0.15) is 4.34 Å². The van der Waals surface area contributed by atoms with Gasteiger partial charge in [0.2, 0.25) is 0 Å². The molecule has 1 aromatic heterocycles. The summed E-state index contributed by atoms with van der Waals surface area (Å²) in [6.45, 7) is 0. The highest BCUT2D eigenvalue weighted by molar-refractivity contribution is 7.80. The minimum Gasteiger partial charge on any atom is -0.391 e. The summed E-state index contributed by atoms with van der Waals surface area (Å²) in [6.07, 6.45) is 3.58. The molecule has 98 valence electrons. The number of thiocarbonyl (C=S) groups is 1. The number of amides is 1. The van der Waals surface area contributed by atoms with E-state index in [1.54, 1.807) is 6.07 Å². The van der Waals surface area contributed by atoms with E-state index >= 15 is 0 Å². The van der Waals surface area contributed by atoms with Crippen molar-refractivity contribution in [3.05, 3.63) is 20.3 Å². The number of nitrogens with two attached hydrogens (primary N) is 1. The van der Waals surface area contributed by atoms with Gasteiger partial charge in [-0.15, -0.1) is 11.3 Å². The average Bonchev–Trinajstić information content (AvgIpc) is 2.86. The monoisotopic (exact) mass is 322 g/mol. The van der Waals surface area contributed by atoms with Crippen LogP contribution in [0.4, 0.5) is 0 Å². The molecule has 1 aromatic rings. The Kier molecular flexibility index (Phi) is 4.16. The molecule has 0 bridgehead atoms. The lowest BCUT2D eigenvalue weighted by Crippen LogP contribution is -2.54. The van der Waals surface area contributed by atoms with E-state index in [1.165, 1.54) is 11.3 Å². The molecule has 0 aromatic carbocycles. The number of carbonyl (C=O) groups is 1. The summed E-state index contributed by atoms with van der Waals surface area (Å²) < 4.78 is 0.870. The van der Waals surface area contributed by atoms with Crippen LogP contribution in [0.15, 0.2) is 6.07 Å². The molecular weight excluding hydrogens is 311 g/mol. The van der Waals surface area contributed by atoms with Crippen molar-refractivity contribution in [1.29, 1.82) is 0 Å². The normalized spacial score (nSPS) is 17.7. The molecule has 0 radical (unpaired) electrons. The van der Waals surface area contributed by atoms with Crippen LogP contribution < -0.4 is 11.1 Å². The Labute approximate surface area is 125 Å². The number of rotatable bonds is 3. The molecule has 0 unspecified atom stereocenters. The van der Waals surface area contributed by atoms with Crippen molar-refractivity contribution < 1.29 is 4.79 Å². The van der Waals surface area contributed by atoms with Crippen LogP contribution in [0.3, 0.4) is 0 Å². The zero-order valence-electron chi connectivity index (χ0n) is 9.46. The van der Waals surface area contributed by atoms with Gasteiger partial charge in [-0.2, -0.15) is 0 Å². The summed E-state index contributed by atoms with van der Waals surface area (Å²) >= 11 is 18.0. The molecule has 3 N–H and O–H groups in total. The Balaban J connectivity index is 2.20. The first-order valence-electron chi connectivity index (χ1n) is 5.52. The molecule has 1 heterocycles. The molecule has 1 saturated carbocycles. The van der Waals surface area contributed by atoms with E-state index in [4.69, 9.17) is 41.2 Å². The van der Waals surface area contributed by atoms with Crippen molar-refractivity contribution in [2.75, 3.05) is 0 Å². The lowest BCUT2D eigenvalue weighted by molar-refractivity contribution is 0.0925. The fourth-order valence-electron chi connectivity index (χ4n) is 2.19. The maximum absolute atomic E-state index is 12.2. The smallest absolute Gasteiger partial charge is 0.254 e. The van der Waals surface area contributed by atoms with E-state index in [0.717, 1.165) is 25.7 Å². The van der Waals surface area contributed by atoms with Crippen LogP contribution in [0.2, 0.25) is 8.67 Å². The highest BCUT2D eigenvalue weighted by Gasteiger charge is 2.38. The van der Waals surface area contributed by atoms with E-state index in [0.29, 0.717) is 19.2 Å².